The fourth-order valence-corrected chi connectivity index (χ4v) is 5.03. The second-order valence-electron chi connectivity index (χ2n) is 8.69. The number of likely N-dealkylation sites (N-methyl/N-ethyl adjacent to an activating group) is 1. The first kappa shape index (κ1) is 21.3. The van der Waals surface area contributed by atoms with Crippen molar-refractivity contribution in [2.24, 2.45) is 0 Å². The molecule has 0 saturated carbocycles. The van der Waals surface area contributed by atoms with Crippen LogP contribution in [0, 0.1) is 0 Å². The van der Waals surface area contributed by atoms with Crippen LogP contribution < -0.4 is 15.0 Å². The summed E-state index contributed by atoms with van der Waals surface area (Å²) >= 11 is 0. The van der Waals surface area contributed by atoms with Gasteiger partial charge in [0.25, 0.3) is 9.05 Å². The minimum absolute atomic E-state index is 0.0346. The molecule has 3 aliphatic heterocycles. The Hall–Kier alpha value is -1.97. The van der Waals surface area contributed by atoms with Crippen LogP contribution in [0.4, 0.5) is 10.5 Å². The van der Waals surface area contributed by atoms with Crippen LogP contribution in [0.3, 0.4) is 0 Å². The van der Waals surface area contributed by atoms with E-state index in [1.54, 1.807) is 11.0 Å². The van der Waals surface area contributed by atoms with Gasteiger partial charge in [-0.25, -0.2) is 13.2 Å². The molecule has 0 radical (unpaired) electrons. The Morgan fingerprint density at radius 1 is 1.30 bits per heavy atom. The third-order valence-corrected chi connectivity index (χ3v) is 7.03. The van der Waals surface area contributed by atoms with Crippen molar-refractivity contribution >= 4 is 31.5 Å². The highest BCUT2D eigenvalue weighted by molar-refractivity contribution is 8.13. The predicted molar refractivity (Wildman–Crippen MR) is 114 cm³/mol. The molecule has 0 spiro atoms. The van der Waals surface area contributed by atoms with Gasteiger partial charge in [0, 0.05) is 50.3 Å². The van der Waals surface area contributed by atoms with Crippen LogP contribution >= 0.6 is 10.7 Å². The number of amides is 1. The van der Waals surface area contributed by atoms with E-state index in [2.05, 4.69) is 5.32 Å². The van der Waals surface area contributed by atoms with Crippen LogP contribution in [0.25, 0.3) is 0 Å². The van der Waals surface area contributed by atoms with Gasteiger partial charge in [-0.3, -0.25) is 0 Å². The Morgan fingerprint density at radius 2 is 1.97 bits per heavy atom. The second kappa shape index (κ2) is 7.62. The predicted octanol–water partition coefficient (Wildman–Crippen LogP) is 2.33. The molecule has 0 bridgehead atoms. The number of halogens is 1. The third-order valence-electron chi connectivity index (χ3n) is 5.68. The van der Waals surface area contributed by atoms with Crippen LogP contribution in [0.2, 0.25) is 0 Å². The quantitative estimate of drug-likeness (QED) is 0.550. The number of anilines is 1. The first-order valence-corrected chi connectivity index (χ1v) is 12.2. The minimum Gasteiger partial charge on any atom is -0.486 e. The Labute approximate surface area is 181 Å². The lowest BCUT2D eigenvalue weighted by molar-refractivity contribution is -0.0100. The Morgan fingerprint density at radius 3 is 2.60 bits per heavy atom. The zero-order valence-corrected chi connectivity index (χ0v) is 18.8. The summed E-state index contributed by atoms with van der Waals surface area (Å²) in [6, 6.07) is 4.54. The molecule has 1 amide bonds. The average Bonchev–Trinajstić information content (AvgIpc) is 3.21. The SMILES string of the molecule is CN1CC(CC(C)(C)OC(=O)N2CC3=C(CNC3)C2)Oc2ccc(S(=O)(=O)Cl)cc21. The molecule has 3 aliphatic rings. The smallest absolute Gasteiger partial charge is 0.410 e. The molecule has 1 aromatic carbocycles. The van der Waals surface area contributed by atoms with Gasteiger partial charge in [0.2, 0.25) is 0 Å². The number of nitrogens with zero attached hydrogens (tertiary/aromatic N) is 2. The molecular formula is C20H26ClN3O5S. The highest BCUT2D eigenvalue weighted by Crippen LogP contribution is 2.37. The number of rotatable bonds is 4. The number of carbonyl (C=O) groups excluding carboxylic acids is 1. The Bertz CT molecular complexity index is 992. The van der Waals surface area contributed by atoms with Crippen molar-refractivity contribution in [2.45, 2.75) is 36.9 Å². The molecule has 10 heteroatoms. The van der Waals surface area contributed by atoms with E-state index < -0.39 is 14.7 Å². The number of benzene rings is 1. The molecule has 3 heterocycles. The van der Waals surface area contributed by atoms with Crippen LogP contribution in [-0.4, -0.2) is 70.9 Å². The van der Waals surface area contributed by atoms with Crippen molar-refractivity contribution in [3.63, 3.8) is 0 Å². The molecule has 164 valence electrons. The van der Waals surface area contributed by atoms with Crippen LogP contribution in [0.1, 0.15) is 20.3 Å². The van der Waals surface area contributed by atoms with Gasteiger partial charge in [0.1, 0.15) is 17.5 Å². The molecule has 4 rings (SSSR count). The second-order valence-corrected chi connectivity index (χ2v) is 11.3. The lowest BCUT2D eigenvalue weighted by atomic mass is 9.99. The first-order chi connectivity index (χ1) is 14.0. The van der Waals surface area contributed by atoms with Gasteiger partial charge in [-0.1, -0.05) is 0 Å². The van der Waals surface area contributed by atoms with Gasteiger partial charge in [-0.05, 0) is 43.2 Å². The lowest BCUT2D eigenvalue weighted by Crippen LogP contribution is -2.45. The van der Waals surface area contributed by atoms with E-state index >= 15 is 0 Å². The summed E-state index contributed by atoms with van der Waals surface area (Å²) in [6.07, 6.45) is -0.0220. The number of fused-ring (bicyclic) bond motifs is 1. The zero-order chi connectivity index (χ0) is 21.7. The molecule has 0 aliphatic carbocycles. The van der Waals surface area contributed by atoms with Crippen LogP contribution in [0.5, 0.6) is 5.75 Å². The molecule has 0 fully saturated rings. The third kappa shape index (κ3) is 4.38. The largest absolute Gasteiger partial charge is 0.486 e. The molecule has 0 saturated heterocycles. The zero-order valence-electron chi connectivity index (χ0n) is 17.3. The number of hydrogen-bond acceptors (Lipinski definition) is 7. The van der Waals surface area contributed by atoms with E-state index in [-0.39, 0.29) is 17.1 Å². The maximum atomic E-state index is 12.7. The van der Waals surface area contributed by atoms with Crippen molar-refractivity contribution in [1.82, 2.24) is 10.2 Å². The molecule has 30 heavy (non-hydrogen) atoms. The monoisotopic (exact) mass is 455 g/mol. The molecule has 1 atom stereocenters. The summed E-state index contributed by atoms with van der Waals surface area (Å²) < 4.78 is 35.1. The minimum atomic E-state index is -3.81. The van der Waals surface area contributed by atoms with Crippen molar-refractivity contribution in [3.05, 3.63) is 29.3 Å². The summed E-state index contributed by atoms with van der Waals surface area (Å²) in [4.78, 5) is 16.4. The normalized spacial score (nSPS) is 21.4. The fraction of sp³-hybridized carbons (Fsp3) is 0.550. The van der Waals surface area contributed by atoms with Crippen molar-refractivity contribution < 1.29 is 22.7 Å². The first-order valence-electron chi connectivity index (χ1n) is 9.87. The maximum Gasteiger partial charge on any atom is 0.410 e. The summed E-state index contributed by atoms with van der Waals surface area (Å²) in [5, 5.41) is 3.30. The topological polar surface area (TPSA) is 88.2 Å². The van der Waals surface area contributed by atoms with Crippen LogP contribution in [0.15, 0.2) is 34.2 Å². The fourth-order valence-electron chi connectivity index (χ4n) is 4.26. The Kier molecular flexibility index (Phi) is 5.40. The van der Waals surface area contributed by atoms with Crippen LogP contribution in [-0.2, 0) is 13.8 Å². The van der Waals surface area contributed by atoms with Gasteiger partial charge in [-0.2, -0.15) is 0 Å². The molecule has 1 aromatic rings. The standard InChI is InChI=1S/C20H26ClN3O5S/c1-20(2,29-19(25)24-10-13-8-22-9-14(13)11-24)7-15-12-23(3)17-6-16(30(21,26)27)4-5-18(17)28-15/h4-6,15,22H,7-12H2,1-3H3. The number of nitrogens with one attached hydrogen (secondary N) is 1. The van der Waals surface area contributed by atoms with E-state index in [0.717, 1.165) is 13.1 Å². The summed E-state index contributed by atoms with van der Waals surface area (Å²) in [5.74, 6) is 0.576. The molecular weight excluding hydrogens is 430 g/mol. The van der Waals surface area contributed by atoms with Crippen molar-refractivity contribution in [1.29, 1.82) is 0 Å². The van der Waals surface area contributed by atoms with Gasteiger partial charge >= 0.3 is 6.09 Å². The Balaban J connectivity index is 1.39. The van der Waals surface area contributed by atoms with E-state index in [9.17, 15) is 13.2 Å². The van der Waals surface area contributed by atoms with Crippen molar-refractivity contribution in [3.8, 4) is 5.75 Å². The van der Waals surface area contributed by atoms with Crippen molar-refractivity contribution in [2.75, 3.05) is 44.7 Å². The molecule has 0 aromatic heterocycles. The lowest BCUT2D eigenvalue weighted by Gasteiger charge is -2.38. The summed E-state index contributed by atoms with van der Waals surface area (Å²) in [5.41, 5.74) is 2.52. The van der Waals surface area contributed by atoms with Gasteiger partial charge in [0.15, 0.2) is 0 Å². The number of carbonyl (C=O) groups is 1. The van der Waals surface area contributed by atoms with Gasteiger partial charge in [-0.15, -0.1) is 0 Å². The van der Waals surface area contributed by atoms with Gasteiger partial charge in [0.05, 0.1) is 17.1 Å². The van der Waals surface area contributed by atoms with E-state index in [0.29, 0.717) is 37.5 Å². The van der Waals surface area contributed by atoms with E-state index in [1.807, 2.05) is 25.8 Å². The maximum absolute atomic E-state index is 12.7. The highest BCUT2D eigenvalue weighted by Gasteiger charge is 2.36. The van der Waals surface area contributed by atoms with E-state index in [1.165, 1.54) is 23.3 Å². The summed E-state index contributed by atoms with van der Waals surface area (Å²) in [7, 11) is 3.51. The molecule has 1 unspecified atom stereocenters. The highest BCUT2D eigenvalue weighted by atomic mass is 35.7. The summed E-state index contributed by atoms with van der Waals surface area (Å²) in [6.45, 7) is 7.23. The average molecular weight is 456 g/mol. The molecule has 1 N–H and O–H groups in total. The van der Waals surface area contributed by atoms with E-state index in [4.69, 9.17) is 20.2 Å². The molecule has 8 nitrogen and oxygen atoms in total. The van der Waals surface area contributed by atoms with Gasteiger partial charge < -0.3 is 24.6 Å². The number of hydrogen-bond donors (Lipinski definition) is 1. The number of ether oxygens (including phenoxy) is 2.